The second kappa shape index (κ2) is 6.30. The maximum absolute atomic E-state index is 5.51. The molecule has 0 radical (unpaired) electrons. The van der Waals surface area contributed by atoms with Crippen molar-refractivity contribution >= 4 is 5.82 Å². The molecule has 6 heteroatoms. The van der Waals surface area contributed by atoms with Crippen LogP contribution in [0.2, 0.25) is 0 Å². The highest BCUT2D eigenvalue weighted by molar-refractivity contribution is 5.42. The Morgan fingerprint density at radius 2 is 1.78 bits per heavy atom. The van der Waals surface area contributed by atoms with Gasteiger partial charge in [-0.3, -0.25) is 4.90 Å². The summed E-state index contributed by atoms with van der Waals surface area (Å²) >= 11 is 0. The molecule has 1 saturated carbocycles. The highest BCUT2D eigenvalue weighted by Crippen LogP contribution is 2.40. The first-order valence-electron chi connectivity index (χ1n) is 10.2. The number of hydrogen-bond acceptors (Lipinski definition) is 6. The van der Waals surface area contributed by atoms with Gasteiger partial charge in [0.25, 0.3) is 0 Å². The molecule has 144 valence electrons. The van der Waals surface area contributed by atoms with E-state index in [2.05, 4.69) is 57.8 Å². The van der Waals surface area contributed by atoms with Crippen molar-refractivity contribution in [2.45, 2.75) is 51.5 Å². The molecule has 2 unspecified atom stereocenters. The fraction of sp³-hybridized carbons (Fsp3) is 0.667. The molecule has 2 atom stereocenters. The van der Waals surface area contributed by atoms with Gasteiger partial charge in [0.2, 0.25) is 0 Å². The minimum atomic E-state index is 0.0565. The lowest BCUT2D eigenvalue weighted by Gasteiger charge is -2.24. The number of likely N-dealkylation sites (tertiary alicyclic amines) is 1. The van der Waals surface area contributed by atoms with E-state index < -0.39 is 0 Å². The fourth-order valence-corrected chi connectivity index (χ4v) is 4.53. The monoisotopic (exact) mass is 367 g/mol. The van der Waals surface area contributed by atoms with Crippen molar-refractivity contribution in [3.05, 3.63) is 35.6 Å². The first kappa shape index (κ1) is 17.2. The molecule has 0 aromatic carbocycles. The third kappa shape index (κ3) is 3.47. The molecule has 0 spiro atoms. The summed E-state index contributed by atoms with van der Waals surface area (Å²) in [5.41, 5.74) is 2.27. The molecule has 27 heavy (non-hydrogen) atoms. The Labute approximate surface area is 161 Å². The third-order valence-electron chi connectivity index (χ3n) is 6.25. The number of hydrogen-bond donors (Lipinski definition) is 0. The fourth-order valence-electron chi connectivity index (χ4n) is 4.53. The molecular formula is C21H29N5O. The van der Waals surface area contributed by atoms with E-state index in [4.69, 9.17) is 4.52 Å². The molecule has 5 rings (SSSR count). The van der Waals surface area contributed by atoms with Gasteiger partial charge in [0.1, 0.15) is 17.9 Å². The van der Waals surface area contributed by atoms with Crippen LogP contribution in [0.1, 0.15) is 56.7 Å². The van der Waals surface area contributed by atoms with Gasteiger partial charge in [-0.05, 0) is 24.7 Å². The van der Waals surface area contributed by atoms with Crippen molar-refractivity contribution in [2.24, 2.45) is 11.8 Å². The zero-order valence-corrected chi connectivity index (χ0v) is 16.6. The average Bonchev–Trinajstić information content (AvgIpc) is 3.06. The van der Waals surface area contributed by atoms with Crippen LogP contribution >= 0.6 is 0 Å². The normalized spacial score (nSPS) is 26.0. The van der Waals surface area contributed by atoms with Gasteiger partial charge in [-0.1, -0.05) is 25.9 Å². The number of anilines is 1. The zero-order valence-electron chi connectivity index (χ0n) is 16.6. The lowest BCUT2D eigenvalue weighted by Crippen LogP contribution is -2.29. The largest absolute Gasteiger partial charge is 0.361 e. The minimum Gasteiger partial charge on any atom is -0.361 e. The summed E-state index contributed by atoms with van der Waals surface area (Å²) in [5, 5.41) is 4.29. The van der Waals surface area contributed by atoms with Gasteiger partial charge in [0.05, 0.1) is 11.4 Å². The maximum Gasteiger partial charge on any atom is 0.140 e. The van der Waals surface area contributed by atoms with Gasteiger partial charge in [0.15, 0.2) is 0 Å². The van der Waals surface area contributed by atoms with Gasteiger partial charge in [-0.15, -0.1) is 0 Å². The molecule has 2 aliphatic heterocycles. The maximum atomic E-state index is 5.51. The second-order valence-electron chi connectivity index (χ2n) is 9.63. The molecule has 4 heterocycles. The van der Waals surface area contributed by atoms with E-state index in [0.717, 1.165) is 55.7 Å². The molecule has 3 aliphatic rings. The smallest absolute Gasteiger partial charge is 0.140 e. The van der Waals surface area contributed by atoms with E-state index in [-0.39, 0.29) is 5.41 Å². The summed E-state index contributed by atoms with van der Waals surface area (Å²) < 4.78 is 5.51. The van der Waals surface area contributed by atoms with Crippen molar-refractivity contribution < 1.29 is 4.52 Å². The predicted molar refractivity (Wildman–Crippen MR) is 104 cm³/mol. The van der Waals surface area contributed by atoms with E-state index in [9.17, 15) is 0 Å². The van der Waals surface area contributed by atoms with Crippen LogP contribution in [0.15, 0.2) is 23.0 Å². The molecule has 1 aliphatic carbocycles. The average molecular weight is 367 g/mol. The SMILES string of the molecule is CC(C)(C)c1cc(N2CC3CN(Cc4cc(C5CC5)on4)CC3C2)ncn1. The summed E-state index contributed by atoms with van der Waals surface area (Å²) in [5.74, 6) is 4.25. The Kier molecular flexibility index (Phi) is 4.00. The number of rotatable bonds is 4. The molecule has 0 N–H and O–H groups in total. The molecule has 2 aromatic rings. The van der Waals surface area contributed by atoms with Gasteiger partial charge < -0.3 is 9.42 Å². The van der Waals surface area contributed by atoms with Crippen LogP contribution in [0.25, 0.3) is 0 Å². The molecule has 6 nitrogen and oxygen atoms in total. The summed E-state index contributed by atoms with van der Waals surface area (Å²) in [6.45, 7) is 12.0. The van der Waals surface area contributed by atoms with E-state index in [0.29, 0.717) is 17.8 Å². The van der Waals surface area contributed by atoms with Gasteiger partial charge in [-0.2, -0.15) is 0 Å². The summed E-state index contributed by atoms with van der Waals surface area (Å²) in [6.07, 6.45) is 4.24. The Morgan fingerprint density at radius 1 is 1.04 bits per heavy atom. The molecule has 0 amide bonds. The predicted octanol–water partition coefficient (Wildman–Crippen LogP) is 3.21. The molecular weight excluding hydrogens is 338 g/mol. The Balaban J connectivity index is 1.20. The lowest BCUT2D eigenvalue weighted by molar-refractivity contribution is 0.293. The van der Waals surface area contributed by atoms with Crippen molar-refractivity contribution in [3.63, 3.8) is 0 Å². The van der Waals surface area contributed by atoms with E-state index >= 15 is 0 Å². The van der Waals surface area contributed by atoms with Crippen molar-refractivity contribution in [1.29, 1.82) is 0 Å². The van der Waals surface area contributed by atoms with Gasteiger partial charge in [0, 0.05) is 56.2 Å². The van der Waals surface area contributed by atoms with Gasteiger partial charge in [-0.25, -0.2) is 9.97 Å². The third-order valence-corrected chi connectivity index (χ3v) is 6.25. The van der Waals surface area contributed by atoms with Crippen LogP contribution in [0.5, 0.6) is 0 Å². The standard InChI is InChI=1S/C21H29N5O/c1-21(2,3)19-7-20(23-13-22-19)26-10-15-8-25(9-16(15)11-26)12-17-6-18(27-24-17)14-4-5-14/h6-7,13-16H,4-5,8-12H2,1-3H3. The molecule has 3 fully saturated rings. The van der Waals surface area contributed by atoms with Crippen molar-refractivity contribution in [2.75, 3.05) is 31.1 Å². The summed E-state index contributed by atoms with van der Waals surface area (Å²) in [7, 11) is 0. The minimum absolute atomic E-state index is 0.0565. The molecule has 2 saturated heterocycles. The first-order valence-corrected chi connectivity index (χ1v) is 10.2. The number of aromatic nitrogens is 3. The number of nitrogens with zero attached hydrogens (tertiary/aromatic N) is 5. The van der Waals surface area contributed by atoms with E-state index in [1.54, 1.807) is 6.33 Å². The van der Waals surface area contributed by atoms with Crippen molar-refractivity contribution in [3.8, 4) is 0 Å². The van der Waals surface area contributed by atoms with Crippen LogP contribution in [-0.2, 0) is 12.0 Å². The second-order valence-corrected chi connectivity index (χ2v) is 9.63. The van der Waals surface area contributed by atoms with Crippen LogP contribution in [0.3, 0.4) is 0 Å². The summed E-state index contributed by atoms with van der Waals surface area (Å²) in [6, 6.07) is 4.35. The quantitative estimate of drug-likeness (QED) is 0.827. The highest BCUT2D eigenvalue weighted by Gasteiger charge is 2.40. The Bertz CT molecular complexity index is 808. The first-order chi connectivity index (χ1) is 13.0. The molecule has 0 bridgehead atoms. The van der Waals surface area contributed by atoms with Crippen LogP contribution in [0.4, 0.5) is 5.82 Å². The topological polar surface area (TPSA) is 58.3 Å². The van der Waals surface area contributed by atoms with Crippen molar-refractivity contribution in [1.82, 2.24) is 20.0 Å². The summed E-state index contributed by atoms with van der Waals surface area (Å²) in [4.78, 5) is 14.0. The van der Waals surface area contributed by atoms with Crippen LogP contribution in [-0.4, -0.2) is 46.2 Å². The van der Waals surface area contributed by atoms with Crippen LogP contribution < -0.4 is 4.90 Å². The van der Waals surface area contributed by atoms with E-state index in [1.807, 2.05) is 0 Å². The zero-order chi connectivity index (χ0) is 18.6. The lowest BCUT2D eigenvalue weighted by atomic mass is 9.92. The Morgan fingerprint density at radius 3 is 2.44 bits per heavy atom. The van der Waals surface area contributed by atoms with Gasteiger partial charge >= 0.3 is 0 Å². The van der Waals surface area contributed by atoms with E-state index in [1.165, 1.54) is 12.8 Å². The van der Waals surface area contributed by atoms with Crippen LogP contribution in [0, 0.1) is 11.8 Å². The molecule has 2 aromatic heterocycles. The number of fused-ring (bicyclic) bond motifs is 1. The Hall–Kier alpha value is -1.95. The highest BCUT2D eigenvalue weighted by atomic mass is 16.5.